The van der Waals surface area contributed by atoms with E-state index in [0.29, 0.717) is 13.0 Å². The van der Waals surface area contributed by atoms with Gasteiger partial charge in [-0.15, -0.1) is 0 Å². The summed E-state index contributed by atoms with van der Waals surface area (Å²) < 4.78 is 29.7. The fourth-order valence-electron chi connectivity index (χ4n) is 2.78. The molecule has 2 unspecified atom stereocenters. The van der Waals surface area contributed by atoms with Crippen molar-refractivity contribution in [2.45, 2.75) is 31.4 Å². The summed E-state index contributed by atoms with van der Waals surface area (Å²) in [4.78, 5) is 24.6. The Morgan fingerprint density at radius 1 is 1.38 bits per heavy atom. The normalized spacial score (nSPS) is 28.9. The fourth-order valence-corrected chi connectivity index (χ4v) is 4.31. The zero-order chi connectivity index (χ0) is 15.6. The molecular weight excluding hydrogens is 300 g/mol. The van der Waals surface area contributed by atoms with E-state index in [1.54, 1.807) is 0 Å². The molecule has 1 N–H and O–H groups in total. The van der Waals surface area contributed by atoms with Crippen LogP contribution < -0.4 is 0 Å². The number of aliphatic carboxylic acids is 1. The molecule has 0 radical (unpaired) electrons. The third kappa shape index (κ3) is 3.53. The highest BCUT2D eigenvalue weighted by atomic mass is 32.2. The summed E-state index contributed by atoms with van der Waals surface area (Å²) in [6.45, 7) is 0.777. The van der Waals surface area contributed by atoms with Crippen LogP contribution >= 0.6 is 0 Å². The van der Waals surface area contributed by atoms with Gasteiger partial charge >= 0.3 is 5.97 Å². The molecule has 0 aromatic heterocycles. The maximum absolute atomic E-state index is 12.2. The Bertz CT molecular complexity index is 520. The summed E-state index contributed by atoms with van der Waals surface area (Å²) in [7, 11) is -1.75. The zero-order valence-electron chi connectivity index (χ0n) is 11.9. The number of hydrogen-bond acceptors (Lipinski definition) is 5. The average molecular weight is 320 g/mol. The predicted molar refractivity (Wildman–Crippen MR) is 73.1 cm³/mol. The summed E-state index contributed by atoms with van der Waals surface area (Å²) in [5.74, 6) is -1.28. The van der Waals surface area contributed by atoms with Crippen molar-refractivity contribution in [3.63, 3.8) is 0 Å². The van der Waals surface area contributed by atoms with Crippen LogP contribution in [0.4, 0.5) is 0 Å². The van der Waals surface area contributed by atoms with E-state index in [1.807, 2.05) is 0 Å². The van der Waals surface area contributed by atoms with Gasteiger partial charge in [-0.1, -0.05) is 0 Å². The molecule has 2 aliphatic rings. The van der Waals surface area contributed by atoms with E-state index in [1.165, 1.54) is 16.3 Å². The van der Waals surface area contributed by atoms with E-state index < -0.39 is 22.0 Å². The number of likely N-dealkylation sites (tertiary alicyclic amines) is 1. The van der Waals surface area contributed by atoms with Crippen molar-refractivity contribution in [1.82, 2.24) is 9.21 Å². The topological polar surface area (TPSA) is 104 Å². The SMILES string of the molecule is COC1CC(C(=O)O)N(C(=O)CCN2CCCS2(=O)=O)C1. The zero-order valence-corrected chi connectivity index (χ0v) is 12.7. The lowest BCUT2D eigenvalue weighted by Crippen LogP contribution is -2.42. The maximum Gasteiger partial charge on any atom is 0.326 e. The van der Waals surface area contributed by atoms with Gasteiger partial charge in [0, 0.05) is 39.6 Å². The summed E-state index contributed by atoms with van der Waals surface area (Å²) in [6, 6.07) is -0.891. The molecule has 0 aliphatic carbocycles. The summed E-state index contributed by atoms with van der Waals surface area (Å²) >= 11 is 0. The number of carbonyl (C=O) groups excluding carboxylic acids is 1. The van der Waals surface area contributed by atoms with Crippen molar-refractivity contribution in [2.75, 3.05) is 32.5 Å². The second kappa shape index (κ2) is 6.29. The van der Waals surface area contributed by atoms with Gasteiger partial charge in [-0.2, -0.15) is 0 Å². The van der Waals surface area contributed by atoms with Crippen LogP contribution in [0.2, 0.25) is 0 Å². The van der Waals surface area contributed by atoms with Gasteiger partial charge in [0.2, 0.25) is 15.9 Å². The molecule has 0 spiro atoms. The number of hydrogen-bond donors (Lipinski definition) is 1. The van der Waals surface area contributed by atoms with Crippen molar-refractivity contribution in [3.05, 3.63) is 0 Å². The Labute approximate surface area is 123 Å². The van der Waals surface area contributed by atoms with E-state index in [2.05, 4.69) is 0 Å². The van der Waals surface area contributed by atoms with Crippen LogP contribution in [0.25, 0.3) is 0 Å². The quantitative estimate of drug-likeness (QED) is 0.705. The van der Waals surface area contributed by atoms with Gasteiger partial charge in [-0.05, 0) is 6.42 Å². The Morgan fingerprint density at radius 3 is 2.62 bits per heavy atom. The van der Waals surface area contributed by atoms with Gasteiger partial charge in [0.15, 0.2) is 0 Å². The van der Waals surface area contributed by atoms with Gasteiger partial charge in [0.25, 0.3) is 0 Å². The van der Waals surface area contributed by atoms with Crippen molar-refractivity contribution in [2.24, 2.45) is 0 Å². The number of carboxylic acids is 1. The molecule has 21 heavy (non-hydrogen) atoms. The monoisotopic (exact) mass is 320 g/mol. The first kappa shape index (κ1) is 16.2. The number of methoxy groups -OCH3 is 1. The molecule has 2 heterocycles. The summed E-state index contributed by atoms with van der Waals surface area (Å²) in [6.07, 6.45) is 0.550. The van der Waals surface area contributed by atoms with Crippen LogP contribution in [0.5, 0.6) is 0 Å². The third-order valence-corrected chi connectivity index (χ3v) is 5.94. The molecule has 0 bridgehead atoms. The number of rotatable bonds is 5. The highest BCUT2D eigenvalue weighted by Gasteiger charge is 2.40. The molecule has 2 fully saturated rings. The Kier molecular flexibility index (Phi) is 4.84. The van der Waals surface area contributed by atoms with Gasteiger partial charge in [0.05, 0.1) is 11.9 Å². The standard InChI is InChI=1S/C12H20N2O6S/c1-20-9-7-10(12(16)17)14(8-9)11(15)3-5-13-4-2-6-21(13,18)19/h9-10H,2-8H2,1H3,(H,16,17). The van der Waals surface area contributed by atoms with Crippen LogP contribution in [-0.4, -0.2) is 79.2 Å². The first-order valence-electron chi connectivity index (χ1n) is 6.88. The van der Waals surface area contributed by atoms with Crippen LogP contribution in [0, 0.1) is 0 Å². The molecule has 2 rings (SSSR count). The molecule has 1 amide bonds. The number of nitrogens with zero attached hydrogens (tertiary/aromatic N) is 2. The first-order valence-corrected chi connectivity index (χ1v) is 8.49. The molecule has 9 heteroatoms. The van der Waals surface area contributed by atoms with Crippen LogP contribution in [0.1, 0.15) is 19.3 Å². The molecule has 8 nitrogen and oxygen atoms in total. The average Bonchev–Trinajstić information content (AvgIpc) is 2.99. The Balaban J connectivity index is 1.94. The molecule has 0 aromatic rings. The van der Waals surface area contributed by atoms with Crippen molar-refractivity contribution in [3.8, 4) is 0 Å². The highest BCUT2D eigenvalue weighted by molar-refractivity contribution is 7.89. The minimum atomic E-state index is -3.23. The van der Waals surface area contributed by atoms with Gasteiger partial charge in [-0.25, -0.2) is 17.5 Å². The van der Waals surface area contributed by atoms with Gasteiger partial charge in [-0.3, -0.25) is 4.79 Å². The van der Waals surface area contributed by atoms with Gasteiger partial charge in [0.1, 0.15) is 6.04 Å². The lowest BCUT2D eigenvalue weighted by molar-refractivity contribution is -0.148. The molecular formula is C12H20N2O6S. The number of amides is 1. The van der Waals surface area contributed by atoms with Crippen molar-refractivity contribution in [1.29, 1.82) is 0 Å². The van der Waals surface area contributed by atoms with E-state index >= 15 is 0 Å². The minimum Gasteiger partial charge on any atom is -0.480 e. The Morgan fingerprint density at radius 2 is 2.10 bits per heavy atom. The largest absolute Gasteiger partial charge is 0.480 e. The smallest absolute Gasteiger partial charge is 0.326 e. The molecule has 0 aromatic carbocycles. The molecule has 2 atom stereocenters. The maximum atomic E-state index is 12.2. The number of carbonyl (C=O) groups is 2. The van der Waals surface area contributed by atoms with E-state index in [4.69, 9.17) is 9.84 Å². The van der Waals surface area contributed by atoms with Crippen LogP contribution in [-0.2, 0) is 24.3 Å². The van der Waals surface area contributed by atoms with Crippen LogP contribution in [0.15, 0.2) is 0 Å². The number of ether oxygens (including phenoxy) is 1. The number of carboxylic acid groups (broad SMARTS) is 1. The van der Waals surface area contributed by atoms with Crippen molar-refractivity contribution < 1.29 is 27.9 Å². The second-order valence-corrected chi connectivity index (χ2v) is 7.40. The van der Waals surface area contributed by atoms with E-state index in [-0.39, 0.29) is 43.7 Å². The van der Waals surface area contributed by atoms with Crippen LogP contribution in [0.3, 0.4) is 0 Å². The fraction of sp³-hybridized carbons (Fsp3) is 0.833. The Hall–Kier alpha value is -1.19. The first-order chi connectivity index (χ1) is 9.85. The highest BCUT2D eigenvalue weighted by Crippen LogP contribution is 2.22. The predicted octanol–water partition coefficient (Wildman–Crippen LogP) is -0.887. The lowest BCUT2D eigenvalue weighted by Gasteiger charge is -2.22. The molecule has 0 saturated carbocycles. The van der Waals surface area contributed by atoms with Gasteiger partial charge < -0.3 is 14.7 Å². The van der Waals surface area contributed by atoms with E-state index in [0.717, 1.165) is 0 Å². The third-order valence-electron chi connectivity index (χ3n) is 3.98. The number of sulfonamides is 1. The van der Waals surface area contributed by atoms with E-state index in [9.17, 15) is 18.0 Å². The minimum absolute atomic E-state index is 0.000551. The molecule has 2 saturated heterocycles. The second-order valence-electron chi connectivity index (χ2n) is 5.31. The molecule has 2 aliphatic heterocycles. The summed E-state index contributed by atoms with van der Waals surface area (Å²) in [5.41, 5.74) is 0. The summed E-state index contributed by atoms with van der Waals surface area (Å²) in [5, 5.41) is 9.15. The lowest BCUT2D eigenvalue weighted by atomic mass is 10.2. The van der Waals surface area contributed by atoms with Crippen molar-refractivity contribution >= 4 is 21.9 Å². The molecule has 120 valence electrons.